The molecule has 2 heterocycles. The van der Waals surface area contributed by atoms with Gasteiger partial charge in [-0.2, -0.15) is 11.8 Å². The lowest BCUT2D eigenvalue weighted by atomic mass is 9.88. The van der Waals surface area contributed by atoms with Crippen molar-refractivity contribution in [1.82, 2.24) is 5.32 Å². The zero-order chi connectivity index (χ0) is 13.9. The van der Waals surface area contributed by atoms with Gasteiger partial charge in [-0.25, -0.2) is 0 Å². The highest BCUT2D eigenvalue weighted by Gasteiger charge is 2.41. The standard InChI is InChI=1S/C14H26N2O2S/c1-3-5-13(2,15)12(17)16-11-4-7-18-14(9-11)6-8-19-10-14/h11H,3-10,15H2,1-2H3,(H,16,17). The van der Waals surface area contributed by atoms with Crippen LogP contribution in [-0.2, 0) is 9.53 Å². The van der Waals surface area contributed by atoms with Crippen LogP contribution in [0, 0.1) is 0 Å². The van der Waals surface area contributed by atoms with Crippen molar-refractivity contribution in [3.8, 4) is 0 Å². The number of thioether (sulfide) groups is 1. The molecule has 0 radical (unpaired) electrons. The maximum absolute atomic E-state index is 12.2. The third-order valence-electron chi connectivity index (χ3n) is 4.18. The third-order valence-corrected chi connectivity index (χ3v) is 5.41. The second-order valence-electron chi connectivity index (χ2n) is 6.16. The average Bonchev–Trinajstić information content (AvgIpc) is 2.77. The molecule has 4 nitrogen and oxygen atoms in total. The van der Waals surface area contributed by atoms with E-state index in [2.05, 4.69) is 12.2 Å². The Morgan fingerprint density at radius 2 is 2.42 bits per heavy atom. The first kappa shape index (κ1) is 15.1. The molecule has 1 spiro atoms. The predicted molar refractivity (Wildman–Crippen MR) is 79.3 cm³/mol. The van der Waals surface area contributed by atoms with Gasteiger partial charge in [0.15, 0.2) is 0 Å². The SMILES string of the molecule is CCCC(C)(N)C(=O)NC1CCOC2(CCSC2)C1. The van der Waals surface area contributed by atoms with Crippen LogP contribution < -0.4 is 11.1 Å². The van der Waals surface area contributed by atoms with Gasteiger partial charge in [0, 0.05) is 18.4 Å². The first-order valence-corrected chi connectivity index (χ1v) is 8.44. The molecule has 0 aliphatic carbocycles. The Morgan fingerprint density at radius 1 is 1.63 bits per heavy atom. The molecule has 2 rings (SSSR count). The van der Waals surface area contributed by atoms with E-state index < -0.39 is 5.54 Å². The number of ether oxygens (including phenoxy) is 1. The number of carbonyl (C=O) groups is 1. The van der Waals surface area contributed by atoms with E-state index in [0.717, 1.165) is 44.5 Å². The molecule has 0 aromatic rings. The molecule has 0 bridgehead atoms. The second kappa shape index (κ2) is 6.02. The number of nitrogens with one attached hydrogen (secondary N) is 1. The van der Waals surface area contributed by atoms with Gasteiger partial charge in [-0.3, -0.25) is 4.79 Å². The van der Waals surface area contributed by atoms with Gasteiger partial charge in [0.1, 0.15) is 0 Å². The molecule has 110 valence electrons. The molecule has 2 aliphatic rings. The van der Waals surface area contributed by atoms with E-state index in [1.807, 2.05) is 18.7 Å². The van der Waals surface area contributed by atoms with E-state index in [9.17, 15) is 4.79 Å². The topological polar surface area (TPSA) is 64.4 Å². The van der Waals surface area contributed by atoms with Gasteiger partial charge in [-0.1, -0.05) is 13.3 Å². The van der Waals surface area contributed by atoms with E-state index >= 15 is 0 Å². The van der Waals surface area contributed by atoms with Crippen LogP contribution >= 0.6 is 11.8 Å². The molecule has 2 fully saturated rings. The zero-order valence-electron chi connectivity index (χ0n) is 12.0. The van der Waals surface area contributed by atoms with Crippen molar-refractivity contribution in [2.75, 3.05) is 18.1 Å². The molecule has 3 atom stereocenters. The number of amides is 1. The quantitative estimate of drug-likeness (QED) is 0.825. The molecule has 0 aromatic carbocycles. The van der Waals surface area contributed by atoms with Crippen LogP contribution in [-0.4, -0.2) is 41.2 Å². The monoisotopic (exact) mass is 286 g/mol. The lowest BCUT2D eigenvalue weighted by Gasteiger charge is -2.39. The van der Waals surface area contributed by atoms with Crippen LogP contribution in [0.25, 0.3) is 0 Å². The Kier molecular flexibility index (Phi) is 4.79. The summed E-state index contributed by atoms with van der Waals surface area (Å²) in [5.41, 5.74) is 5.35. The van der Waals surface area contributed by atoms with Crippen molar-refractivity contribution < 1.29 is 9.53 Å². The maximum Gasteiger partial charge on any atom is 0.240 e. The minimum absolute atomic E-state index is 0.0105. The fourth-order valence-corrected chi connectivity index (χ4v) is 4.38. The number of carbonyl (C=O) groups excluding carboxylic acids is 1. The van der Waals surface area contributed by atoms with Gasteiger partial charge in [-0.15, -0.1) is 0 Å². The molecular weight excluding hydrogens is 260 g/mol. The Morgan fingerprint density at radius 3 is 3.05 bits per heavy atom. The number of hydrogen-bond acceptors (Lipinski definition) is 4. The first-order chi connectivity index (χ1) is 8.97. The number of rotatable bonds is 4. The summed E-state index contributed by atoms with van der Waals surface area (Å²) in [4.78, 5) is 12.2. The normalized spacial score (nSPS) is 34.2. The smallest absolute Gasteiger partial charge is 0.240 e. The Hall–Kier alpha value is -0.260. The first-order valence-electron chi connectivity index (χ1n) is 7.29. The predicted octanol–water partition coefficient (Wildman–Crippen LogP) is 1.67. The van der Waals surface area contributed by atoms with E-state index in [0.29, 0.717) is 0 Å². The van der Waals surface area contributed by atoms with E-state index in [1.54, 1.807) is 0 Å². The number of hydrogen-bond donors (Lipinski definition) is 2. The fraction of sp³-hybridized carbons (Fsp3) is 0.929. The van der Waals surface area contributed by atoms with E-state index in [1.165, 1.54) is 5.75 Å². The lowest BCUT2D eigenvalue weighted by molar-refractivity contribution is -0.129. The highest BCUT2D eigenvalue weighted by molar-refractivity contribution is 7.99. The van der Waals surface area contributed by atoms with Crippen molar-refractivity contribution in [2.24, 2.45) is 5.73 Å². The summed E-state index contributed by atoms with van der Waals surface area (Å²) in [5, 5.41) is 3.14. The van der Waals surface area contributed by atoms with Gasteiger partial charge in [-0.05, 0) is 38.4 Å². The Balaban J connectivity index is 1.90. The zero-order valence-corrected chi connectivity index (χ0v) is 12.9. The van der Waals surface area contributed by atoms with Crippen molar-refractivity contribution in [1.29, 1.82) is 0 Å². The maximum atomic E-state index is 12.2. The van der Waals surface area contributed by atoms with E-state index in [-0.39, 0.29) is 17.6 Å². The van der Waals surface area contributed by atoms with Crippen LogP contribution in [0.4, 0.5) is 0 Å². The lowest BCUT2D eigenvalue weighted by Crippen LogP contribution is -2.57. The van der Waals surface area contributed by atoms with Crippen molar-refractivity contribution >= 4 is 17.7 Å². The molecule has 3 unspecified atom stereocenters. The molecule has 0 aromatic heterocycles. The van der Waals surface area contributed by atoms with Crippen LogP contribution in [0.1, 0.15) is 46.0 Å². The van der Waals surface area contributed by atoms with Gasteiger partial charge in [0.05, 0.1) is 11.1 Å². The summed E-state index contributed by atoms with van der Waals surface area (Å²) in [6.07, 6.45) is 4.60. The molecule has 2 aliphatic heterocycles. The minimum Gasteiger partial charge on any atom is -0.374 e. The summed E-state index contributed by atoms with van der Waals surface area (Å²) in [6, 6.07) is 0.222. The van der Waals surface area contributed by atoms with E-state index in [4.69, 9.17) is 10.5 Å². The van der Waals surface area contributed by atoms with Crippen LogP contribution in [0.2, 0.25) is 0 Å². The molecule has 19 heavy (non-hydrogen) atoms. The highest BCUT2D eigenvalue weighted by atomic mass is 32.2. The van der Waals surface area contributed by atoms with Crippen molar-refractivity contribution in [3.05, 3.63) is 0 Å². The molecule has 2 saturated heterocycles. The highest BCUT2D eigenvalue weighted by Crippen LogP contribution is 2.38. The Bertz CT molecular complexity index is 327. The molecule has 1 amide bonds. The molecular formula is C14H26N2O2S. The summed E-state index contributed by atoms with van der Waals surface area (Å²) in [6.45, 7) is 4.63. The Labute approximate surface area is 120 Å². The number of nitrogens with two attached hydrogens (primary N) is 1. The van der Waals surface area contributed by atoms with Crippen LogP contribution in [0.5, 0.6) is 0 Å². The van der Waals surface area contributed by atoms with Gasteiger partial charge in [0.2, 0.25) is 5.91 Å². The van der Waals surface area contributed by atoms with Crippen molar-refractivity contribution in [3.63, 3.8) is 0 Å². The molecule has 5 heteroatoms. The van der Waals surface area contributed by atoms with Crippen LogP contribution in [0.3, 0.4) is 0 Å². The average molecular weight is 286 g/mol. The molecule has 3 N–H and O–H groups in total. The van der Waals surface area contributed by atoms with Gasteiger partial charge < -0.3 is 15.8 Å². The van der Waals surface area contributed by atoms with Gasteiger partial charge in [0.25, 0.3) is 0 Å². The largest absolute Gasteiger partial charge is 0.374 e. The summed E-state index contributed by atoms with van der Waals surface area (Å²) in [7, 11) is 0. The molecule has 0 saturated carbocycles. The fourth-order valence-electron chi connectivity index (χ4n) is 3.00. The second-order valence-corrected chi connectivity index (χ2v) is 7.27. The summed E-state index contributed by atoms with van der Waals surface area (Å²) in [5.74, 6) is 2.22. The van der Waals surface area contributed by atoms with Crippen molar-refractivity contribution in [2.45, 2.75) is 63.1 Å². The van der Waals surface area contributed by atoms with Gasteiger partial charge >= 0.3 is 0 Å². The summed E-state index contributed by atoms with van der Waals surface area (Å²) >= 11 is 1.95. The minimum atomic E-state index is -0.745. The third kappa shape index (κ3) is 3.64. The summed E-state index contributed by atoms with van der Waals surface area (Å²) < 4.78 is 5.97. The van der Waals surface area contributed by atoms with Crippen LogP contribution in [0.15, 0.2) is 0 Å².